The van der Waals surface area contributed by atoms with Crippen molar-refractivity contribution >= 4 is 38.9 Å². The van der Waals surface area contributed by atoms with Crippen molar-refractivity contribution in [3.05, 3.63) is 37.2 Å². The van der Waals surface area contributed by atoms with Crippen LogP contribution in [0.3, 0.4) is 0 Å². The zero-order chi connectivity index (χ0) is 12.6. The molecule has 3 nitrogen and oxygen atoms in total. The highest BCUT2D eigenvalue weighted by Gasteiger charge is 2.19. The minimum Gasteiger partial charge on any atom is -0.387 e. The van der Waals surface area contributed by atoms with Crippen LogP contribution in [0, 0.1) is 6.92 Å². The van der Waals surface area contributed by atoms with Crippen molar-refractivity contribution in [2.45, 2.75) is 19.4 Å². The Kier molecular flexibility index (Phi) is 3.92. The number of aliphatic hydroxyl groups is 1. The number of hydrogen-bond acceptors (Lipinski definition) is 3. The molecule has 1 atom stereocenters. The van der Waals surface area contributed by atoms with E-state index in [4.69, 9.17) is 11.6 Å². The standard InChI is InChI=1S/C11H12BrClN2OS/c1-6-7(11(13)15(2)14-6)5-9(16)10-8(12)3-4-17-10/h3-4,9,16H,5H2,1-2H3. The normalized spacial score (nSPS) is 13.0. The van der Waals surface area contributed by atoms with Gasteiger partial charge in [-0.1, -0.05) is 11.6 Å². The highest BCUT2D eigenvalue weighted by Crippen LogP contribution is 2.33. The van der Waals surface area contributed by atoms with Gasteiger partial charge in [0, 0.05) is 28.4 Å². The van der Waals surface area contributed by atoms with Crippen molar-refractivity contribution in [2.24, 2.45) is 7.05 Å². The Morgan fingerprint density at radius 1 is 1.65 bits per heavy atom. The van der Waals surface area contributed by atoms with Gasteiger partial charge in [-0.15, -0.1) is 11.3 Å². The SMILES string of the molecule is Cc1nn(C)c(Cl)c1CC(O)c1sccc1Br. The molecule has 0 aromatic carbocycles. The second-order valence-electron chi connectivity index (χ2n) is 3.83. The molecule has 2 aromatic rings. The maximum atomic E-state index is 10.2. The number of hydrogen-bond donors (Lipinski definition) is 1. The summed E-state index contributed by atoms with van der Waals surface area (Å²) < 4.78 is 2.57. The Hall–Kier alpha value is -0.360. The Bertz CT molecular complexity index is 538. The van der Waals surface area contributed by atoms with Crippen LogP contribution in [0.4, 0.5) is 0 Å². The zero-order valence-electron chi connectivity index (χ0n) is 9.44. The first kappa shape index (κ1) is 13.1. The number of aromatic nitrogens is 2. The minimum absolute atomic E-state index is 0.484. The lowest BCUT2D eigenvalue weighted by Gasteiger charge is -2.09. The molecule has 0 saturated carbocycles. The van der Waals surface area contributed by atoms with E-state index in [0.29, 0.717) is 11.6 Å². The second-order valence-corrected chi connectivity index (χ2v) is 5.99. The van der Waals surface area contributed by atoms with Gasteiger partial charge < -0.3 is 5.11 Å². The van der Waals surface area contributed by atoms with Crippen LogP contribution in [0.1, 0.15) is 22.2 Å². The Morgan fingerprint density at radius 2 is 2.35 bits per heavy atom. The van der Waals surface area contributed by atoms with Gasteiger partial charge in [0.15, 0.2) is 0 Å². The first-order valence-corrected chi connectivity index (χ1v) is 7.14. The average Bonchev–Trinajstić information content (AvgIpc) is 2.78. The van der Waals surface area contributed by atoms with Crippen LogP contribution in [-0.4, -0.2) is 14.9 Å². The van der Waals surface area contributed by atoms with Gasteiger partial charge in [-0.05, 0) is 34.3 Å². The molecule has 0 aliphatic heterocycles. The first-order valence-electron chi connectivity index (χ1n) is 5.09. The van der Waals surface area contributed by atoms with Crippen molar-refractivity contribution in [1.29, 1.82) is 0 Å². The molecule has 0 radical (unpaired) electrons. The molecule has 2 rings (SSSR count). The van der Waals surface area contributed by atoms with Crippen LogP contribution >= 0.6 is 38.9 Å². The minimum atomic E-state index is -0.551. The molecule has 0 saturated heterocycles. The van der Waals surface area contributed by atoms with Crippen molar-refractivity contribution in [2.75, 3.05) is 0 Å². The van der Waals surface area contributed by atoms with Crippen molar-refractivity contribution < 1.29 is 5.11 Å². The predicted octanol–water partition coefficient (Wildman–Crippen LogP) is 3.48. The van der Waals surface area contributed by atoms with Crippen molar-refractivity contribution in [1.82, 2.24) is 9.78 Å². The van der Waals surface area contributed by atoms with E-state index >= 15 is 0 Å². The van der Waals surface area contributed by atoms with Crippen LogP contribution in [0.5, 0.6) is 0 Å². The summed E-state index contributed by atoms with van der Waals surface area (Å²) in [7, 11) is 1.80. The largest absolute Gasteiger partial charge is 0.387 e. The second kappa shape index (κ2) is 5.10. The van der Waals surface area contributed by atoms with Crippen LogP contribution in [0.25, 0.3) is 0 Å². The van der Waals surface area contributed by atoms with Gasteiger partial charge in [-0.2, -0.15) is 5.10 Å². The molecule has 0 bridgehead atoms. The van der Waals surface area contributed by atoms with E-state index in [9.17, 15) is 5.11 Å². The summed E-state index contributed by atoms with van der Waals surface area (Å²) in [4.78, 5) is 0.921. The van der Waals surface area contributed by atoms with Gasteiger partial charge in [0.1, 0.15) is 5.15 Å². The summed E-state index contributed by atoms with van der Waals surface area (Å²) >= 11 is 11.1. The van der Waals surface area contributed by atoms with Gasteiger partial charge >= 0.3 is 0 Å². The van der Waals surface area contributed by atoms with Gasteiger partial charge in [0.25, 0.3) is 0 Å². The summed E-state index contributed by atoms with van der Waals surface area (Å²) in [5.41, 5.74) is 1.77. The number of aryl methyl sites for hydroxylation is 2. The van der Waals surface area contributed by atoms with E-state index < -0.39 is 6.10 Å². The van der Waals surface area contributed by atoms with E-state index in [1.165, 1.54) is 11.3 Å². The van der Waals surface area contributed by atoms with E-state index in [0.717, 1.165) is 20.6 Å². The molecule has 2 heterocycles. The number of aliphatic hydroxyl groups excluding tert-OH is 1. The van der Waals surface area contributed by atoms with E-state index in [1.807, 2.05) is 18.4 Å². The lowest BCUT2D eigenvalue weighted by molar-refractivity contribution is 0.181. The van der Waals surface area contributed by atoms with Gasteiger partial charge in [-0.25, -0.2) is 0 Å². The Morgan fingerprint density at radius 3 is 2.82 bits per heavy atom. The molecule has 0 aliphatic carbocycles. The van der Waals surface area contributed by atoms with E-state index in [-0.39, 0.29) is 0 Å². The molecule has 1 unspecified atom stereocenters. The Labute approximate surface area is 117 Å². The third kappa shape index (κ3) is 2.57. The van der Waals surface area contributed by atoms with Crippen LogP contribution in [-0.2, 0) is 13.5 Å². The average molecular weight is 336 g/mol. The third-order valence-electron chi connectivity index (χ3n) is 2.61. The number of rotatable bonds is 3. The molecule has 6 heteroatoms. The fraction of sp³-hybridized carbons (Fsp3) is 0.364. The van der Waals surface area contributed by atoms with Crippen LogP contribution in [0.15, 0.2) is 15.9 Å². The highest BCUT2D eigenvalue weighted by atomic mass is 79.9. The molecular formula is C11H12BrClN2OS. The van der Waals surface area contributed by atoms with E-state index in [2.05, 4.69) is 21.0 Å². The fourth-order valence-electron chi connectivity index (χ4n) is 1.74. The van der Waals surface area contributed by atoms with E-state index in [1.54, 1.807) is 11.7 Å². The summed E-state index contributed by atoms with van der Waals surface area (Å²) in [6, 6.07) is 1.93. The van der Waals surface area contributed by atoms with Crippen molar-refractivity contribution in [3.63, 3.8) is 0 Å². The summed E-state index contributed by atoms with van der Waals surface area (Å²) in [5.74, 6) is 0. The first-order chi connectivity index (χ1) is 8.00. The molecule has 17 heavy (non-hydrogen) atoms. The summed E-state index contributed by atoms with van der Waals surface area (Å²) in [6.07, 6.45) is -0.0674. The molecule has 0 fully saturated rings. The van der Waals surface area contributed by atoms with Gasteiger partial charge in [0.05, 0.1) is 11.8 Å². The third-order valence-corrected chi connectivity index (χ3v) is 5.06. The monoisotopic (exact) mass is 334 g/mol. The molecule has 0 amide bonds. The number of thiophene rings is 1. The summed E-state index contributed by atoms with van der Waals surface area (Å²) in [6.45, 7) is 1.90. The maximum absolute atomic E-state index is 10.2. The molecule has 92 valence electrons. The smallest absolute Gasteiger partial charge is 0.130 e. The van der Waals surface area contributed by atoms with Crippen LogP contribution < -0.4 is 0 Å². The van der Waals surface area contributed by atoms with Gasteiger partial charge in [0.2, 0.25) is 0 Å². The molecule has 0 aliphatic rings. The lowest BCUT2D eigenvalue weighted by atomic mass is 10.1. The van der Waals surface area contributed by atoms with Gasteiger partial charge in [-0.3, -0.25) is 4.68 Å². The highest BCUT2D eigenvalue weighted by molar-refractivity contribution is 9.10. The maximum Gasteiger partial charge on any atom is 0.130 e. The lowest BCUT2D eigenvalue weighted by Crippen LogP contribution is -2.01. The molecular weight excluding hydrogens is 324 g/mol. The Balaban J connectivity index is 2.24. The number of nitrogens with zero attached hydrogens (tertiary/aromatic N) is 2. The quantitative estimate of drug-likeness (QED) is 0.932. The topological polar surface area (TPSA) is 38.0 Å². The molecule has 1 N–H and O–H groups in total. The zero-order valence-corrected chi connectivity index (χ0v) is 12.6. The molecule has 2 aromatic heterocycles. The summed E-state index contributed by atoms with van der Waals surface area (Å²) in [5, 5.41) is 17.0. The predicted molar refractivity (Wildman–Crippen MR) is 73.6 cm³/mol. The van der Waals surface area contributed by atoms with Crippen molar-refractivity contribution in [3.8, 4) is 0 Å². The van der Waals surface area contributed by atoms with Crippen LogP contribution in [0.2, 0.25) is 5.15 Å². The molecule has 0 spiro atoms. The fourth-order valence-corrected chi connectivity index (χ4v) is 3.61. The number of halogens is 2.